The van der Waals surface area contributed by atoms with Crippen molar-refractivity contribution in [2.45, 2.75) is 24.4 Å². The molecular formula is C27H26N2O6. The first-order chi connectivity index (χ1) is 17.0. The van der Waals surface area contributed by atoms with Gasteiger partial charge in [0.1, 0.15) is 18.7 Å². The molecule has 35 heavy (non-hydrogen) atoms. The van der Waals surface area contributed by atoms with Crippen LogP contribution in [0, 0.1) is 0 Å². The molecule has 0 saturated carbocycles. The maximum absolute atomic E-state index is 12.8. The highest BCUT2D eigenvalue weighted by Gasteiger charge is 2.30. The molecule has 4 rings (SSSR count). The summed E-state index contributed by atoms with van der Waals surface area (Å²) < 4.78 is 5.54. The zero-order valence-corrected chi connectivity index (χ0v) is 18.9. The Labute approximate surface area is 202 Å². The number of hydrogen-bond donors (Lipinski definition) is 4. The molecule has 8 nitrogen and oxygen atoms in total. The maximum atomic E-state index is 12.8. The molecule has 0 aromatic heterocycles. The second-order valence-corrected chi connectivity index (χ2v) is 8.29. The minimum atomic E-state index is -1.48. The second kappa shape index (κ2) is 10.8. The summed E-state index contributed by atoms with van der Waals surface area (Å²) in [5.41, 5.74) is 5.09. The van der Waals surface area contributed by atoms with Crippen LogP contribution in [0.5, 0.6) is 0 Å². The molecule has 2 atom stereocenters. The molecule has 3 aromatic rings. The summed E-state index contributed by atoms with van der Waals surface area (Å²) in [6.07, 6.45) is -0.673. The van der Waals surface area contributed by atoms with Crippen LogP contribution in [0.4, 0.5) is 4.79 Å². The van der Waals surface area contributed by atoms with E-state index >= 15 is 0 Å². The van der Waals surface area contributed by atoms with Gasteiger partial charge in [-0.25, -0.2) is 9.59 Å². The third-order valence-corrected chi connectivity index (χ3v) is 6.03. The number of carbonyl (C=O) groups is 3. The molecule has 0 spiro atoms. The fraction of sp³-hybridized carbons (Fsp3) is 0.222. The number of alkyl carbamates (subject to hydrolysis) is 1. The lowest BCUT2D eigenvalue weighted by atomic mass is 9.98. The van der Waals surface area contributed by atoms with Gasteiger partial charge in [0.05, 0.1) is 6.61 Å². The van der Waals surface area contributed by atoms with Crippen LogP contribution >= 0.6 is 0 Å². The Bertz CT molecular complexity index is 1170. The Balaban J connectivity index is 1.46. The van der Waals surface area contributed by atoms with E-state index in [1.54, 1.807) is 24.3 Å². The van der Waals surface area contributed by atoms with Gasteiger partial charge in [-0.1, -0.05) is 78.9 Å². The average Bonchev–Trinajstić information content (AvgIpc) is 3.19. The number of carbonyl (C=O) groups excluding carboxylic acids is 2. The highest BCUT2D eigenvalue weighted by atomic mass is 16.5. The summed E-state index contributed by atoms with van der Waals surface area (Å²) in [6.45, 7) is -0.696. The van der Waals surface area contributed by atoms with E-state index in [1.807, 2.05) is 54.6 Å². The Hall–Kier alpha value is -4.17. The number of aliphatic carboxylic acids is 1. The van der Waals surface area contributed by atoms with Crippen LogP contribution in [-0.4, -0.2) is 53.5 Å². The Kier molecular flexibility index (Phi) is 7.42. The predicted octanol–water partition coefficient (Wildman–Crippen LogP) is 2.70. The van der Waals surface area contributed by atoms with E-state index in [0.29, 0.717) is 0 Å². The fourth-order valence-electron chi connectivity index (χ4n) is 4.30. The number of hydrogen-bond acceptors (Lipinski definition) is 5. The van der Waals surface area contributed by atoms with Gasteiger partial charge in [0.25, 0.3) is 0 Å². The number of aliphatic hydroxyl groups excluding tert-OH is 1. The van der Waals surface area contributed by atoms with E-state index in [0.717, 1.165) is 27.8 Å². The van der Waals surface area contributed by atoms with Crippen molar-refractivity contribution < 1.29 is 29.3 Å². The molecule has 0 unspecified atom stereocenters. The summed E-state index contributed by atoms with van der Waals surface area (Å²) in [7, 11) is 0. The van der Waals surface area contributed by atoms with Gasteiger partial charge >= 0.3 is 12.1 Å². The molecule has 0 aliphatic heterocycles. The number of fused-ring (bicyclic) bond motifs is 3. The topological polar surface area (TPSA) is 125 Å². The van der Waals surface area contributed by atoms with Gasteiger partial charge in [-0.2, -0.15) is 0 Å². The van der Waals surface area contributed by atoms with E-state index in [1.165, 1.54) is 0 Å². The van der Waals surface area contributed by atoms with Crippen molar-refractivity contribution >= 4 is 18.0 Å². The quantitative estimate of drug-likeness (QED) is 0.378. The van der Waals surface area contributed by atoms with Crippen molar-refractivity contribution in [3.63, 3.8) is 0 Å². The minimum Gasteiger partial charge on any atom is -0.480 e. The Morgan fingerprint density at radius 3 is 1.94 bits per heavy atom. The van der Waals surface area contributed by atoms with Gasteiger partial charge in [0, 0.05) is 12.3 Å². The van der Waals surface area contributed by atoms with Gasteiger partial charge in [-0.3, -0.25) is 4.79 Å². The molecule has 180 valence electrons. The smallest absolute Gasteiger partial charge is 0.407 e. The molecule has 1 aliphatic carbocycles. The van der Waals surface area contributed by atoms with Crippen LogP contribution in [0.1, 0.15) is 22.6 Å². The van der Waals surface area contributed by atoms with Crippen molar-refractivity contribution in [2.75, 3.05) is 13.2 Å². The van der Waals surface area contributed by atoms with E-state index in [-0.39, 0.29) is 18.9 Å². The van der Waals surface area contributed by atoms with Gasteiger partial charge in [-0.15, -0.1) is 0 Å². The maximum Gasteiger partial charge on any atom is 0.407 e. The first-order valence-electron chi connectivity index (χ1n) is 11.3. The second-order valence-electron chi connectivity index (χ2n) is 8.29. The van der Waals surface area contributed by atoms with Crippen molar-refractivity contribution in [3.8, 4) is 11.1 Å². The molecule has 8 heteroatoms. The normalized spacial score (nSPS) is 13.7. The molecule has 4 N–H and O–H groups in total. The summed E-state index contributed by atoms with van der Waals surface area (Å²) >= 11 is 0. The Morgan fingerprint density at radius 2 is 1.37 bits per heavy atom. The predicted molar refractivity (Wildman–Crippen MR) is 129 cm³/mol. The number of benzene rings is 3. The number of aliphatic hydroxyl groups is 1. The van der Waals surface area contributed by atoms with Crippen molar-refractivity contribution in [2.24, 2.45) is 0 Å². The summed E-state index contributed by atoms with van der Waals surface area (Å²) in [5, 5.41) is 23.2. The van der Waals surface area contributed by atoms with Crippen molar-refractivity contribution in [3.05, 3.63) is 95.6 Å². The third-order valence-electron chi connectivity index (χ3n) is 6.03. The number of ether oxygens (including phenoxy) is 1. The number of nitrogens with one attached hydrogen (secondary N) is 2. The monoisotopic (exact) mass is 474 g/mol. The highest BCUT2D eigenvalue weighted by molar-refractivity contribution is 5.89. The molecule has 1 aliphatic rings. The molecular weight excluding hydrogens is 448 g/mol. The molecule has 0 fully saturated rings. The average molecular weight is 475 g/mol. The van der Waals surface area contributed by atoms with Crippen molar-refractivity contribution in [1.29, 1.82) is 0 Å². The van der Waals surface area contributed by atoms with Gasteiger partial charge in [0.2, 0.25) is 5.91 Å². The number of carboxylic acids is 1. The van der Waals surface area contributed by atoms with E-state index in [9.17, 15) is 19.5 Å². The van der Waals surface area contributed by atoms with Gasteiger partial charge in [-0.05, 0) is 27.8 Å². The van der Waals surface area contributed by atoms with Crippen LogP contribution in [0.2, 0.25) is 0 Å². The first-order valence-corrected chi connectivity index (χ1v) is 11.3. The lowest BCUT2D eigenvalue weighted by Gasteiger charge is -2.21. The fourth-order valence-corrected chi connectivity index (χ4v) is 4.30. The lowest BCUT2D eigenvalue weighted by molar-refractivity contribution is -0.143. The van der Waals surface area contributed by atoms with Crippen LogP contribution in [0.15, 0.2) is 78.9 Å². The van der Waals surface area contributed by atoms with Gasteiger partial charge < -0.3 is 25.6 Å². The summed E-state index contributed by atoms with van der Waals surface area (Å²) in [4.78, 5) is 36.8. The van der Waals surface area contributed by atoms with E-state index in [2.05, 4.69) is 10.6 Å². The molecule has 0 radical (unpaired) electrons. The molecule has 0 heterocycles. The Morgan fingerprint density at radius 1 is 0.800 bits per heavy atom. The van der Waals surface area contributed by atoms with Crippen LogP contribution in [0.25, 0.3) is 11.1 Å². The van der Waals surface area contributed by atoms with Crippen LogP contribution < -0.4 is 10.6 Å². The summed E-state index contributed by atoms with van der Waals surface area (Å²) in [6, 6.07) is 22.3. The van der Waals surface area contributed by atoms with Crippen LogP contribution in [0.3, 0.4) is 0 Å². The third kappa shape index (κ3) is 5.50. The molecule has 0 saturated heterocycles. The minimum absolute atomic E-state index is 0.0773. The van der Waals surface area contributed by atoms with E-state index < -0.39 is 36.7 Å². The zero-order chi connectivity index (χ0) is 24.8. The van der Waals surface area contributed by atoms with E-state index in [4.69, 9.17) is 9.84 Å². The SMILES string of the molecule is O=C(N[C@H](Cc1ccccc1)C(=O)N[C@@H](CO)C(=O)O)OCC1c2ccccc2-c2ccccc21. The number of amides is 2. The van der Waals surface area contributed by atoms with Crippen molar-refractivity contribution in [1.82, 2.24) is 10.6 Å². The highest BCUT2D eigenvalue weighted by Crippen LogP contribution is 2.44. The van der Waals surface area contributed by atoms with Gasteiger partial charge in [0.15, 0.2) is 0 Å². The number of carboxylic acid groups (broad SMARTS) is 1. The molecule has 2 amide bonds. The molecule has 3 aromatic carbocycles. The first kappa shape index (κ1) is 24.0. The number of rotatable bonds is 9. The lowest BCUT2D eigenvalue weighted by Crippen LogP contribution is -2.53. The summed E-state index contributed by atoms with van der Waals surface area (Å²) in [5.74, 6) is -2.25. The van der Waals surface area contributed by atoms with Crippen LogP contribution in [-0.2, 0) is 20.7 Å². The largest absolute Gasteiger partial charge is 0.480 e. The molecule has 0 bridgehead atoms. The zero-order valence-electron chi connectivity index (χ0n) is 18.9. The standard InChI is InChI=1S/C27H26N2O6/c30-15-24(26(32)33)28-25(31)23(14-17-8-2-1-3-9-17)29-27(34)35-16-22-20-12-6-4-10-18(20)19-11-5-7-13-21(19)22/h1-13,22-24,30H,14-16H2,(H,28,31)(H,29,34)(H,32,33)/t23-,24+/m1/s1.